The average Bonchev–Trinajstić information content (AvgIpc) is 3.22. The molecule has 0 fully saturated rings. The number of imidazole rings is 1. The molecule has 0 radical (unpaired) electrons. The van der Waals surface area contributed by atoms with E-state index in [1.54, 1.807) is 12.1 Å². The first kappa shape index (κ1) is 21.2. The zero-order chi connectivity index (χ0) is 22.3. The van der Waals surface area contributed by atoms with Crippen LogP contribution < -0.4 is 15.4 Å². The summed E-state index contributed by atoms with van der Waals surface area (Å²) in [5, 5.41) is 15.4. The van der Waals surface area contributed by atoms with Crippen molar-refractivity contribution in [1.82, 2.24) is 20.6 Å². The number of rotatable bonds is 8. The van der Waals surface area contributed by atoms with Crippen LogP contribution in [0.3, 0.4) is 0 Å². The molecule has 0 aliphatic carbocycles. The highest BCUT2D eigenvalue weighted by Gasteiger charge is 2.19. The standard InChI is InChI=1S/C25H26N4O3/c1-17-5-4-6-20(15-17)32-14-13-26-25(31)29-23(16-18-9-11-19(30)12-10-18)24-27-21-7-2-3-8-22(21)28-24/h2-12,15,23,30H,13-14,16H2,1H3,(H,27,28)(H2,26,29,31)/t23-/m0/s1. The fraction of sp³-hybridized carbons (Fsp3) is 0.200. The van der Waals surface area contributed by atoms with Gasteiger partial charge in [0.05, 0.1) is 23.6 Å². The lowest BCUT2D eigenvalue weighted by molar-refractivity contribution is 0.232. The number of amides is 2. The molecule has 4 aromatic rings. The third-order valence-corrected chi connectivity index (χ3v) is 5.07. The number of hydrogen-bond donors (Lipinski definition) is 4. The Balaban J connectivity index is 1.39. The van der Waals surface area contributed by atoms with E-state index >= 15 is 0 Å². The smallest absolute Gasteiger partial charge is 0.315 e. The number of aryl methyl sites for hydroxylation is 1. The molecule has 164 valence electrons. The number of carbonyl (C=O) groups is 1. The second-order valence-corrected chi connectivity index (χ2v) is 7.63. The number of H-pyrrole nitrogens is 1. The summed E-state index contributed by atoms with van der Waals surface area (Å²) < 4.78 is 5.69. The summed E-state index contributed by atoms with van der Waals surface area (Å²) in [6.07, 6.45) is 0.521. The number of ether oxygens (including phenoxy) is 1. The van der Waals surface area contributed by atoms with E-state index in [9.17, 15) is 9.90 Å². The first-order valence-corrected chi connectivity index (χ1v) is 10.5. The number of urea groups is 1. The van der Waals surface area contributed by atoms with E-state index in [0.717, 1.165) is 27.9 Å². The summed E-state index contributed by atoms with van der Waals surface area (Å²) in [5.74, 6) is 1.65. The Morgan fingerprint density at radius 2 is 1.91 bits per heavy atom. The summed E-state index contributed by atoms with van der Waals surface area (Å²) >= 11 is 0. The molecule has 0 saturated heterocycles. The van der Waals surface area contributed by atoms with Gasteiger partial charge in [-0.25, -0.2) is 9.78 Å². The van der Waals surface area contributed by atoms with E-state index in [0.29, 0.717) is 25.4 Å². The molecule has 4 rings (SSSR count). The molecule has 0 spiro atoms. The van der Waals surface area contributed by atoms with Crippen LogP contribution in [0.2, 0.25) is 0 Å². The number of aromatic hydroxyl groups is 1. The first-order chi connectivity index (χ1) is 15.6. The third-order valence-electron chi connectivity index (χ3n) is 5.07. The maximum absolute atomic E-state index is 12.6. The minimum atomic E-state index is -0.371. The Hall–Kier alpha value is -4.00. The quantitative estimate of drug-likeness (QED) is 0.314. The third kappa shape index (κ3) is 5.57. The van der Waals surface area contributed by atoms with E-state index in [4.69, 9.17) is 4.74 Å². The van der Waals surface area contributed by atoms with Crippen LogP contribution in [-0.2, 0) is 6.42 Å². The van der Waals surface area contributed by atoms with Crippen LogP contribution in [0.1, 0.15) is 23.0 Å². The van der Waals surface area contributed by atoms with Crippen molar-refractivity contribution in [2.24, 2.45) is 0 Å². The SMILES string of the molecule is Cc1cccc(OCCNC(=O)N[C@@H](Cc2ccc(O)cc2)c2nc3ccccc3[nH]2)c1. The molecule has 1 atom stereocenters. The maximum atomic E-state index is 12.6. The molecule has 0 saturated carbocycles. The number of nitrogens with zero attached hydrogens (tertiary/aromatic N) is 1. The van der Waals surface area contributed by atoms with Gasteiger partial charge in [0, 0.05) is 0 Å². The zero-order valence-corrected chi connectivity index (χ0v) is 17.8. The van der Waals surface area contributed by atoms with Gasteiger partial charge < -0.3 is 25.5 Å². The molecule has 2 amide bonds. The van der Waals surface area contributed by atoms with Gasteiger partial charge in [0.15, 0.2) is 0 Å². The topological polar surface area (TPSA) is 99.3 Å². The molecule has 7 nitrogen and oxygen atoms in total. The molecular weight excluding hydrogens is 404 g/mol. The highest BCUT2D eigenvalue weighted by atomic mass is 16.5. The summed E-state index contributed by atoms with van der Waals surface area (Å²) in [4.78, 5) is 20.5. The molecular formula is C25H26N4O3. The van der Waals surface area contributed by atoms with Gasteiger partial charge in [-0.2, -0.15) is 0 Å². The number of benzene rings is 3. The summed E-state index contributed by atoms with van der Waals surface area (Å²) in [5.41, 5.74) is 3.84. The monoisotopic (exact) mass is 430 g/mol. The van der Waals surface area contributed by atoms with E-state index < -0.39 is 0 Å². The lowest BCUT2D eigenvalue weighted by atomic mass is 10.1. The molecule has 32 heavy (non-hydrogen) atoms. The number of nitrogens with one attached hydrogen (secondary N) is 3. The fourth-order valence-electron chi connectivity index (χ4n) is 3.47. The number of para-hydroxylation sites is 2. The van der Waals surface area contributed by atoms with E-state index in [1.165, 1.54) is 0 Å². The number of carbonyl (C=O) groups excluding carboxylic acids is 1. The van der Waals surface area contributed by atoms with Crippen molar-refractivity contribution in [3.8, 4) is 11.5 Å². The Kier molecular flexibility index (Phi) is 6.55. The van der Waals surface area contributed by atoms with Gasteiger partial charge in [-0.1, -0.05) is 36.4 Å². The van der Waals surface area contributed by atoms with E-state index in [2.05, 4.69) is 20.6 Å². The molecule has 7 heteroatoms. The van der Waals surface area contributed by atoms with Gasteiger partial charge in [-0.05, 0) is 60.9 Å². The van der Waals surface area contributed by atoms with Gasteiger partial charge in [-0.15, -0.1) is 0 Å². The van der Waals surface area contributed by atoms with Crippen molar-refractivity contribution in [1.29, 1.82) is 0 Å². The van der Waals surface area contributed by atoms with Gasteiger partial charge in [0.1, 0.15) is 23.9 Å². The van der Waals surface area contributed by atoms with Crippen molar-refractivity contribution in [2.75, 3.05) is 13.2 Å². The Morgan fingerprint density at radius 3 is 2.69 bits per heavy atom. The lowest BCUT2D eigenvalue weighted by Crippen LogP contribution is -2.40. The van der Waals surface area contributed by atoms with Crippen LogP contribution in [0, 0.1) is 6.92 Å². The van der Waals surface area contributed by atoms with Crippen molar-refractivity contribution in [3.63, 3.8) is 0 Å². The number of phenols is 1. The van der Waals surface area contributed by atoms with Crippen LogP contribution in [0.4, 0.5) is 4.79 Å². The highest BCUT2D eigenvalue weighted by molar-refractivity contribution is 5.76. The minimum absolute atomic E-state index is 0.202. The summed E-state index contributed by atoms with van der Waals surface area (Å²) in [6, 6.07) is 21.8. The van der Waals surface area contributed by atoms with Crippen molar-refractivity contribution in [3.05, 3.63) is 89.7 Å². The minimum Gasteiger partial charge on any atom is -0.508 e. The van der Waals surface area contributed by atoms with Crippen LogP contribution in [0.25, 0.3) is 11.0 Å². The number of aromatic nitrogens is 2. The molecule has 0 unspecified atom stereocenters. The van der Waals surface area contributed by atoms with Crippen LogP contribution >= 0.6 is 0 Å². The summed E-state index contributed by atoms with van der Waals surface area (Å²) in [6.45, 7) is 2.74. The first-order valence-electron chi connectivity index (χ1n) is 10.5. The van der Waals surface area contributed by atoms with Gasteiger partial charge in [0.25, 0.3) is 0 Å². The van der Waals surface area contributed by atoms with Crippen molar-refractivity contribution >= 4 is 17.1 Å². The molecule has 1 aromatic heterocycles. The average molecular weight is 431 g/mol. The second-order valence-electron chi connectivity index (χ2n) is 7.63. The van der Waals surface area contributed by atoms with E-state index in [1.807, 2.05) is 67.6 Å². The fourth-order valence-corrected chi connectivity index (χ4v) is 3.47. The second kappa shape index (κ2) is 9.87. The highest BCUT2D eigenvalue weighted by Crippen LogP contribution is 2.21. The molecule has 0 aliphatic heterocycles. The maximum Gasteiger partial charge on any atom is 0.315 e. The van der Waals surface area contributed by atoms with Crippen LogP contribution in [0.5, 0.6) is 11.5 Å². The number of fused-ring (bicyclic) bond motifs is 1. The predicted octanol–water partition coefficient (Wildman–Crippen LogP) is 4.24. The van der Waals surface area contributed by atoms with Gasteiger partial charge in [0.2, 0.25) is 0 Å². The van der Waals surface area contributed by atoms with Gasteiger partial charge in [-0.3, -0.25) is 0 Å². The molecule has 0 aliphatic rings. The molecule has 3 aromatic carbocycles. The number of hydrogen-bond acceptors (Lipinski definition) is 4. The molecule has 0 bridgehead atoms. The summed E-state index contributed by atoms with van der Waals surface area (Å²) in [7, 11) is 0. The Morgan fingerprint density at radius 1 is 1.09 bits per heavy atom. The molecule has 1 heterocycles. The predicted molar refractivity (Wildman–Crippen MR) is 124 cm³/mol. The van der Waals surface area contributed by atoms with Crippen LogP contribution in [-0.4, -0.2) is 34.3 Å². The Labute approximate surface area is 186 Å². The normalized spacial score (nSPS) is 11.8. The Bertz CT molecular complexity index is 1150. The van der Waals surface area contributed by atoms with E-state index in [-0.39, 0.29) is 17.8 Å². The zero-order valence-electron chi connectivity index (χ0n) is 17.8. The van der Waals surface area contributed by atoms with Gasteiger partial charge >= 0.3 is 6.03 Å². The molecule has 4 N–H and O–H groups in total. The van der Waals surface area contributed by atoms with Crippen molar-refractivity contribution < 1.29 is 14.6 Å². The number of aromatic amines is 1. The number of phenolic OH excluding ortho intramolecular Hbond substituents is 1. The van der Waals surface area contributed by atoms with Crippen molar-refractivity contribution in [2.45, 2.75) is 19.4 Å². The van der Waals surface area contributed by atoms with Crippen LogP contribution in [0.15, 0.2) is 72.8 Å². The lowest BCUT2D eigenvalue weighted by Gasteiger charge is -2.18. The largest absolute Gasteiger partial charge is 0.508 e.